The SMILES string of the molecule is CC(=O)NC1CC(C(=O)O)CN(C(=O)C(C)C)C1. The lowest BCUT2D eigenvalue weighted by molar-refractivity contribution is -0.148. The van der Waals surface area contributed by atoms with Gasteiger partial charge in [0, 0.05) is 32.0 Å². The summed E-state index contributed by atoms with van der Waals surface area (Å²) >= 11 is 0. The van der Waals surface area contributed by atoms with E-state index in [2.05, 4.69) is 5.32 Å². The molecule has 2 amide bonds. The first-order chi connectivity index (χ1) is 8.31. The average Bonchev–Trinajstić information content (AvgIpc) is 2.26. The molecule has 2 atom stereocenters. The number of nitrogens with zero attached hydrogens (tertiary/aromatic N) is 1. The molecule has 0 spiro atoms. The molecule has 0 aromatic heterocycles. The van der Waals surface area contributed by atoms with Gasteiger partial charge in [-0.05, 0) is 6.42 Å². The maximum atomic E-state index is 11.9. The topological polar surface area (TPSA) is 86.7 Å². The Bertz CT molecular complexity index is 354. The highest BCUT2D eigenvalue weighted by atomic mass is 16.4. The zero-order valence-corrected chi connectivity index (χ0v) is 11.0. The van der Waals surface area contributed by atoms with E-state index in [4.69, 9.17) is 5.11 Å². The number of hydrogen-bond donors (Lipinski definition) is 2. The van der Waals surface area contributed by atoms with Gasteiger partial charge in [-0.15, -0.1) is 0 Å². The van der Waals surface area contributed by atoms with Crippen molar-refractivity contribution in [3.8, 4) is 0 Å². The highest BCUT2D eigenvalue weighted by molar-refractivity contribution is 5.80. The molecule has 1 fully saturated rings. The normalized spacial score (nSPS) is 23.9. The van der Waals surface area contributed by atoms with Crippen LogP contribution < -0.4 is 5.32 Å². The number of nitrogens with one attached hydrogen (secondary N) is 1. The number of rotatable bonds is 3. The predicted molar refractivity (Wildman–Crippen MR) is 64.8 cm³/mol. The highest BCUT2D eigenvalue weighted by Gasteiger charge is 2.34. The maximum absolute atomic E-state index is 11.9. The minimum absolute atomic E-state index is 0.0729. The summed E-state index contributed by atoms with van der Waals surface area (Å²) in [5.41, 5.74) is 0. The van der Waals surface area contributed by atoms with E-state index in [1.54, 1.807) is 13.8 Å². The lowest BCUT2D eigenvalue weighted by atomic mass is 9.93. The summed E-state index contributed by atoms with van der Waals surface area (Å²) in [4.78, 5) is 35.6. The molecule has 1 aliphatic heterocycles. The van der Waals surface area contributed by atoms with E-state index in [1.807, 2.05) is 0 Å². The molecule has 6 nitrogen and oxygen atoms in total. The molecule has 18 heavy (non-hydrogen) atoms. The summed E-state index contributed by atoms with van der Waals surface area (Å²) in [6.45, 7) is 5.56. The number of carboxylic acids is 1. The van der Waals surface area contributed by atoms with Crippen LogP contribution in [-0.2, 0) is 14.4 Å². The van der Waals surface area contributed by atoms with Gasteiger partial charge in [0.15, 0.2) is 0 Å². The zero-order valence-electron chi connectivity index (χ0n) is 11.0. The van der Waals surface area contributed by atoms with Crippen LogP contribution in [0.25, 0.3) is 0 Å². The quantitative estimate of drug-likeness (QED) is 0.748. The second kappa shape index (κ2) is 5.84. The zero-order chi connectivity index (χ0) is 13.9. The Balaban J connectivity index is 2.77. The van der Waals surface area contributed by atoms with E-state index in [0.29, 0.717) is 13.0 Å². The van der Waals surface area contributed by atoms with Gasteiger partial charge in [-0.1, -0.05) is 13.8 Å². The molecule has 0 aromatic carbocycles. The van der Waals surface area contributed by atoms with Gasteiger partial charge in [0.25, 0.3) is 0 Å². The monoisotopic (exact) mass is 256 g/mol. The molecule has 1 heterocycles. The van der Waals surface area contributed by atoms with Crippen molar-refractivity contribution in [2.75, 3.05) is 13.1 Å². The van der Waals surface area contributed by atoms with Gasteiger partial charge in [0.05, 0.1) is 5.92 Å². The minimum atomic E-state index is -0.924. The second-order valence-corrected chi connectivity index (χ2v) is 5.07. The molecular weight excluding hydrogens is 236 g/mol. The first kappa shape index (κ1) is 14.5. The molecule has 0 bridgehead atoms. The first-order valence-electron chi connectivity index (χ1n) is 6.10. The summed E-state index contributed by atoms with van der Waals surface area (Å²) < 4.78 is 0. The number of piperidine rings is 1. The van der Waals surface area contributed by atoms with Gasteiger partial charge in [0.1, 0.15) is 0 Å². The lowest BCUT2D eigenvalue weighted by Crippen LogP contribution is -2.54. The fourth-order valence-corrected chi connectivity index (χ4v) is 2.22. The van der Waals surface area contributed by atoms with Crippen molar-refractivity contribution >= 4 is 17.8 Å². The van der Waals surface area contributed by atoms with Crippen LogP contribution in [0.1, 0.15) is 27.2 Å². The van der Waals surface area contributed by atoms with Crippen LogP contribution in [0.5, 0.6) is 0 Å². The fraction of sp³-hybridized carbons (Fsp3) is 0.750. The molecule has 0 radical (unpaired) electrons. The van der Waals surface area contributed by atoms with Crippen LogP contribution in [0, 0.1) is 11.8 Å². The summed E-state index contributed by atoms with van der Waals surface area (Å²) in [7, 11) is 0. The number of likely N-dealkylation sites (tertiary alicyclic amines) is 1. The predicted octanol–water partition coefficient (Wildman–Crippen LogP) is 0.0802. The van der Waals surface area contributed by atoms with Crippen LogP contribution >= 0.6 is 0 Å². The summed E-state index contributed by atoms with van der Waals surface area (Å²) in [5, 5.41) is 11.8. The van der Waals surface area contributed by atoms with Crippen LogP contribution in [0.2, 0.25) is 0 Å². The van der Waals surface area contributed by atoms with Crippen molar-refractivity contribution in [3.05, 3.63) is 0 Å². The highest BCUT2D eigenvalue weighted by Crippen LogP contribution is 2.19. The van der Waals surface area contributed by atoms with Crippen molar-refractivity contribution < 1.29 is 19.5 Å². The van der Waals surface area contributed by atoms with Crippen molar-refractivity contribution in [2.24, 2.45) is 11.8 Å². The van der Waals surface area contributed by atoms with E-state index < -0.39 is 11.9 Å². The van der Waals surface area contributed by atoms with Gasteiger partial charge >= 0.3 is 5.97 Å². The molecule has 0 saturated carbocycles. The maximum Gasteiger partial charge on any atom is 0.308 e. The Morgan fingerprint density at radius 3 is 2.33 bits per heavy atom. The largest absolute Gasteiger partial charge is 0.481 e. The van der Waals surface area contributed by atoms with E-state index in [9.17, 15) is 14.4 Å². The molecule has 6 heteroatoms. The number of hydrogen-bond acceptors (Lipinski definition) is 3. The third-order valence-electron chi connectivity index (χ3n) is 3.01. The van der Waals surface area contributed by atoms with Gasteiger partial charge in [0.2, 0.25) is 11.8 Å². The molecule has 0 aromatic rings. The molecular formula is C12H20N2O4. The fourth-order valence-electron chi connectivity index (χ4n) is 2.22. The Hall–Kier alpha value is -1.59. The third-order valence-corrected chi connectivity index (χ3v) is 3.01. The minimum Gasteiger partial charge on any atom is -0.481 e. The molecule has 1 aliphatic rings. The Morgan fingerprint density at radius 1 is 1.28 bits per heavy atom. The smallest absolute Gasteiger partial charge is 0.308 e. The molecule has 2 N–H and O–H groups in total. The summed E-state index contributed by atoms with van der Waals surface area (Å²) in [6.07, 6.45) is 0.372. The van der Waals surface area contributed by atoms with Gasteiger partial charge < -0.3 is 15.3 Å². The van der Waals surface area contributed by atoms with Crippen LogP contribution in [0.4, 0.5) is 0 Å². The third kappa shape index (κ3) is 3.72. The summed E-state index contributed by atoms with van der Waals surface area (Å²) in [6, 6.07) is -0.278. The lowest BCUT2D eigenvalue weighted by Gasteiger charge is -2.37. The second-order valence-electron chi connectivity index (χ2n) is 5.07. The Labute approximate surface area is 106 Å². The number of carboxylic acid groups (broad SMARTS) is 1. The average molecular weight is 256 g/mol. The summed E-state index contributed by atoms with van der Waals surface area (Å²) in [5.74, 6) is -1.99. The molecule has 0 aliphatic carbocycles. The molecule has 102 valence electrons. The number of carbonyl (C=O) groups is 3. The van der Waals surface area contributed by atoms with E-state index in [1.165, 1.54) is 11.8 Å². The van der Waals surface area contributed by atoms with E-state index in [-0.39, 0.29) is 30.3 Å². The van der Waals surface area contributed by atoms with Crippen molar-refractivity contribution in [3.63, 3.8) is 0 Å². The first-order valence-corrected chi connectivity index (χ1v) is 6.10. The van der Waals surface area contributed by atoms with Gasteiger partial charge in [-0.25, -0.2) is 0 Å². The van der Waals surface area contributed by atoms with Crippen LogP contribution in [0.15, 0.2) is 0 Å². The van der Waals surface area contributed by atoms with Crippen LogP contribution in [0.3, 0.4) is 0 Å². The number of aliphatic carboxylic acids is 1. The van der Waals surface area contributed by atoms with Crippen molar-refractivity contribution in [1.29, 1.82) is 0 Å². The van der Waals surface area contributed by atoms with Gasteiger partial charge in [-0.2, -0.15) is 0 Å². The standard InChI is InChI=1S/C12H20N2O4/c1-7(2)11(16)14-5-9(12(17)18)4-10(6-14)13-8(3)15/h7,9-10H,4-6H2,1-3H3,(H,13,15)(H,17,18). The number of amides is 2. The molecule has 1 rings (SSSR count). The van der Waals surface area contributed by atoms with Gasteiger partial charge in [-0.3, -0.25) is 14.4 Å². The van der Waals surface area contributed by atoms with Crippen LogP contribution in [-0.4, -0.2) is 46.9 Å². The molecule has 1 saturated heterocycles. The van der Waals surface area contributed by atoms with E-state index in [0.717, 1.165) is 0 Å². The molecule has 2 unspecified atom stereocenters. The Kier molecular flexibility index (Phi) is 4.69. The Morgan fingerprint density at radius 2 is 1.89 bits per heavy atom. The van der Waals surface area contributed by atoms with E-state index >= 15 is 0 Å². The number of carbonyl (C=O) groups excluding carboxylic acids is 2. The van der Waals surface area contributed by atoms with Crippen molar-refractivity contribution in [2.45, 2.75) is 33.2 Å². The van der Waals surface area contributed by atoms with Crippen molar-refractivity contribution in [1.82, 2.24) is 10.2 Å².